The van der Waals surface area contributed by atoms with E-state index in [2.05, 4.69) is 15.6 Å². The number of carbonyl (C=O) groups is 1. The maximum absolute atomic E-state index is 12.9. The molecule has 0 radical (unpaired) electrons. The van der Waals surface area contributed by atoms with Gasteiger partial charge in [0.2, 0.25) is 5.91 Å². The lowest BCUT2D eigenvalue weighted by Gasteiger charge is -2.62. The van der Waals surface area contributed by atoms with Gasteiger partial charge >= 0.3 is 6.18 Å². The third kappa shape index (κ3) is 4.02. The Morgan fingerprint density at radius 2 is 1.90 bits per heavy atom. The molecule has 9 heteroatoms. The molecule has 4 aliphatic carbocycles. The number of amides is 1. The zero-order chi connectivity index (χ0) is 21.9. The highest BCUT2D eigenvalue weighted by molar-refractivity contribution is 5.79. The Kier molecular flexibility index (Phi) is 4.97. The third-order valence-corrected chi connectivity index (χ3v) is 7.78. The quantitative estimate of drug-likeness (QED) is 0.659. The molecule has 1 aliphatic heterocycles. The van der Waals surface area contributed by atoms with Gasteiger partial charge < -0.3 is 21.3 Å². The van der Waals surface area contributed by atoms with Crippen molar-refractivity contribution in [1.82, 2.24) is 15.2 Å². The summed E-state index contributed by atoms with van der Waals surface area (Å²) in [4.78, 5) is 18.5. The second-order valence-electron chi connectivity index (χ2n) is 10.2. The van der Waals surface area contributed by atoms with Crippen molar-refractivity contribution in [1.29, 1.82) is 0 Å². The van der Waals surface area contributed by atoms with E-state index in [0.29, 0.717) is 24.2 Å². The summed E-state index contributed by atoms with van der Waals surface area (Å²) in [7, 11) is 0. The van der Waals surface area contributed by atoms with Crippen LogP contribution in [-0.2, 0) is 11.0 Å². The van der Waals surface area contributed by atoms with E-state index in [4.69, 9.17) is 5.73 Å². The fourth-order valence-electron chi connectivity index (χ4n) is 6.99. The first kappa shape index (κ1) is 21.0. The number of halogens is 3. The van der Waals surface area contributed by atoms with Gasteiger partial charge in [0.15, 0.2) is 0 Å². The molecule has 2 unspecified atom stereocenters. The number of hydrogen-bond donors (Lipinski definition) is 3. The maximum atomic E-state index is 12.9. The third-order valence-electron chi connectivity index (χ3n) is 7.78. The average Bonchev–Trinajstić information content (AvgIpc) is 3.10. The van der Waals surface area contributed by atoms with Crippen molar-refractivity contribution in [3.63, 3.8) is 0 Å². The first-order valence-electron chi connectivity index (χ1n) is 11.3. The Morgan fingerprint density at radius 3 is 2.48 bits per heavy atom. The van der Waals surface area contributed by atoms with Crippen LogP contribution in [0.3, 0.4) is 0 Å². The lowest BCUT2D eigenvalue weighted by atomic mass is 9.50. The van der Waals surface area contributed by atoms with E-state index in [1.807, 2.05) is 0 Å². The molecule has 31 heavy (non-hydrogen) atoms. The lowest BCUT2D eigenvalue weighted by molar-refractivity contribution is -0.137. The summed E-state index contributed by atoms with van der Waals surface area (Å²) in [5.74, 6) is 1.66. The van der Waals surface area contributed by atoms with E-state index in [-0.39, 0.29) is 23.2 Å². The number of rotatable bonds is 5. The van der Waals surface area contributed by atoms with Crippen molar-refractivity contribution >= 4 is 11.7 Å². The molecule has 3 atom stereocenters. The van der Waals surface area contributed by atoms with Crippen LogP contribution in [0, 0.1) is 11.8 Å². The summed E-state index contributed by atoms with van der Waals surface area (Å²) < 4.78 is 38.6. The van der Waals surface area contributed by atoms with E-state index in [0.717, 1.165) is 63.8 Å². The summed E-state index contributed by atoms with van der Waals surface area (Å²) >= 11 is 0. The van der Waals surface area contributed by atoms with Gasteiger partial charge in [-0.15, -0.1) is 0 Å². The van der Waals surface area contributed by atoms with Crippen LogP contribution in [0.2, 0.25) is 0 Å². The second kappa shape index (κ2) is 7.33. The normalized spacial score (nSPS) is 36.8. The Labute approximate surface area is 180 Å². The Morgan fingerprint density at radius 1 is 1.19 bits per heavy atom. The largest absolute Gasteiger partial charge is 0.417 e. The molecule has 0 aromatic carbocycles. The van der Waals surface area contributed by atoms with E-state index in [9.17, 15) is 18.0 Å². The van der Waals surface area contributed by atoms with Gasteiger partial charge in [-0.25, -0.2) is 4.98 Å². The predicted molar refractivity (Wildman–Crippen MR) is 110 cm³/mol. The number of nitrogens with one attached hydrogen (secondary N) is 2. The Hall–Kier alpha value is -1.87. The van der Waals surface area contributed by atoms with Gasteiger partial charge in [-0.05, 0) is 75.3 Å². The summed E-state index contributed by atoms with van der Waals surface area (Å²) in [5, 5.41) is 7.11. The van der Waals surface area contributed by atoms with E-state index in [1.165, 1.54) is 12.5 Å². The van der Waals surface area contributed by atoms with Gasteiger partial charge in [0.05, 0.1) is 18.3 Å². The van der Waals surface area contributed by atoms with Crippen molar-refractivity contribution < 1.29 is 18.0 Å². The number of aromatic nitrogens is 1. The number of alkyl halides is 3. The summed E-state index contributed by atoms with van der Waals surface area (Å²) in [6.07, 6.45) is 4.29. The molecule has 2 heterocycles. The molecular formula is C22H30F3N5O. The number of carbonyl (C=O) groups excluding carboxylic acids is 1. The number of anilines is 1. The highest BCUT2D eigenvalue weighted by Crippen LogP contribution is 2.58. The van der Waals surface area contributed by atoms with Crippen LogP contribution in [0.1, 0.15) is 56.9 Å². The minimum atomic E-state index is -4.38. The summed E-state index contributed by atoms with van der Waals surface area (Å²) in [5.41, 5.74) is 5.02. The fraction of sp³-hybridized carbons (Fsp3) is 0.727. The summed E-state index contributed by atoms with van der Waals surface area (Å²) in [6, 6.07) is 2.52. The summed E-state index contributed by atoms with van der Waals surface area (Å²) in [6.45, 7) is 1.02. The van der Waals surface area contributed by atoms with E-state index >= 15 is 0 Å². The molecule has 4 bridgehead atoms. The number of pyridine rings is 1. The second-order valence-corrected chi connectivity index (χ2v) is 10.2. The molecule has 5 fully saturated rings. The number of nitrogens with two attached hydrogens (primary N) is 1. The first-order valence-corrected chi connectivity index (χ1v) is 11.3. The smallest absolute Gasteiger partial charge is 0.365 e. The van der Waals surface area contributed by atoms with Crippen molar-refractivity contribution in [3.05, 3.63) is 23.9 Å². The monoisotopic (exact) mass is 437 g/mol. The highest BCUT2D eigenvalue weighted by Gasteiger charge is 2.58. The van der Waals surface area contributed by atoms with Crippen LogP contribution in [0.5, 0.6) is 0 Å². The molecule has 6 rings (SSSR count). The van der Waals surface area contributed by atoms with Crippen LogP contribution in [0.4, 0.5) is 19.0 Å². The molecular weight excluding hydrogens is 407 g/mol. The Bertz CT molecular complexity index is 829. The van der Waals surface area contributed by atoms with Crippen molar-refractivity contribution in [3.8, 4) is 0 Å². The molecule has 5 aliphatic rings. The zero-order valence-electron chi connectivity index (χ0n) is 17.5. The lowest BCUT2D eigenvalue weighted by Crippen LogP contribution is -2.67. The Balaban J connectivity index is 1.29. The molecule has 1 saturated heterocycles. The fourth-order valence-corrected chi connectivity index (χ4v) is 6.99. The zero-order valence-corrected chi connectivity index (χ0v) is 17.5. The van der Waals surface area contributed by atoms with Crippen LogP contribution in [0.25, 0.3) is 0 Å². The van der Waals surface area contributed by atoms with Crippen molar-refractivity contribution in [2.24, 2.45) is 17.6 Å². The van der Waals surface area contributed by atoms with E-state index in [1.54, 1.807) is 4.90 Å². The number of hydrogen-bond acceptors (Lipinski definition) is 5. The molecule has 1 aromatic rings. The van der Waals surface area contributed by atoms with Gasteiger partial charge in [0, 0.05) is 23.8 Å². The predicted octanol–water partition coefficient (Wildman–Crippen LogP) is 3.10. The van der Waals surface area contributed by atoms with Gasteiger partial charge in [0.1, 0.15) is 5.82 Å². The SMILES string of the molecule is N[C@@H]1CCCN1C(=O)CNC12CC3CC(C1)CC(Nc1ccc(C(F)(F)F)cn1)(C3)C2. The highest BCUT2D eigenvalue weighted by atomic mass is 19.4. The standard InChI is InChI=1S/C22H30F3N5O/c23-22(24,25)16-3-4-18(27-11-16)29-21-9-14-6-15(10-21)8-20(7-14,13-21)28-12-19(31)30-5-1-2-17(30)26/h3-4,11,14-15,17,28H,1-2,5-10,12-13,26H2,(H,27,29)/t14?,15?,17-,20?,21?/m0/s1. The van der Waals surface area contributed by atoms with E-state index < -0.39 is 11.7 Å². The number of likely N-dealkylation sites (tertiary alicyclic amines) is 1. The van der Waals surface area contributed by atoms with Gasteiger partial charge in [-0.1, -0.05) is 0 Å². The molecule has 1 aromatic heterocycles. The number of nitrogens with zero attached hydrogens (tertiary/aromatic N) is 2. The molecule has 4 N–H and O–H groups in total. The van der Waals surface area contributed by atoms with Gasteiger partial charge in [-0.2, -0.15) is 13.2 Å². The topological polar surface area (TPSA) is 83.3 Å². The van der Waals surface area contributed by atoms with Crippen LogP contribution < -0.4 is 16.4 Å². The molecule has 170 valence electrons. The van der Waals surface area contributed by atoms with Crippen molar-refractivity contribution in [2.45, 2.75) is 74.8 Å². The van der Waals surface area contributed by atoms with Gasteiger partial charge in [0.25, 0.3) is 0 Å². The minimum absolute atomic E-state index is 0.0622. The first-order chi connectivity index (χ1) is 14.7. The molecule has 0 spiro atoms. The van der Waals surface area contributed by atoms with Crippen LogP contribution in [-0.4, -0.2) is 46.1 Å². The van der Waals surface area contributed by atoms with Crippen LogP contribution in [0.15, 0.2) is 18.3 Å². The minimum Gasteiger partial charge on any atom is -0.365 e. The average molecular weight is 438 g/mol. The molecule has 6 nitrogen and oxygen atoms in total. The van der Waals surface area contributed by atoms with Gasteiger partial charge in [-0.3, -0.25) is 4.79 Å². The molecule has 4 saturated carbocycles. The maximum Gasteiger partial charge on any atom is 0.417 e. The van der Waals surface area contributed by atoms with Crippen LogP contribution >= 0.6 is 0 Å². The molecule has 1 amide bonds. The van der Waals surface area contributed by atoms with Crippen molar-refractivity contribution in [2.75, 3.05) is 18.4 Å².